The zero-order valence-electron chi connectivity index (χ0n) is 7.74. The Morgan fingerprint density at radius 2 is 1.93 bits per heavy atom. The first kappa shape index (κ1) is 10.8. The molecule has 1 heterocycles. The number of hydrazine groups is 1. The summed E-state index contributed by atoms with van der Waals surface area (Å²) in [5.41, 5.74) is 1.76. The van der Waals surface area contributed by atoms with E-state index < -0.39 is 11.7 Å². The van der Waals surface area contributed by atoms with E-state index in [1.165, 1.54) is 13.1 Å². The number of hydrogen-bond acceptors (Lipinski definition) is 3. The van der Waals surface area contributed by atoms with Crippen LogP contribution < -0.4 is 11.3 Å². The number of alkyl halides is 3. The maximum atomic E-state index is 12.5. The first-order chi connectivity index (χ1) is 6.38. The van der Waals surface area contributed by atoms with Crippen molar-refractivity contribution in [3.63, 3.8) is 0 Å². The zero-order chi connectivity index (χ0) is 10.9. The molecule has 6 heteroatoms. The van der Waals surface area contributed by atoms with Crippen LogP contribution in [-0.2, 0) is 6.18 Å². The lowest BCUT2D eigenvalue weighted by molar-refractivity contribution is -0.137. The summed E-state index contributed by atoms with van der Waals surface area (Å²) in [6.45, 7) is 2.96. The SMILES string of the molecule is Cc1cnc(NN)c(C(F)(F)F)c1C. The molecule has 1 aromatic heterocycles. The van der Waals surface area contributed by atoms with Crippen molar-refractivity contribution in [3.05, 3.63) is 22.9 Å². The standard InChI is InChI=1S/C8H10F3N3/c1-4-3-13-7(14-12)6(5(4)2)8(9,10)11/h3H,12H2,1-2H3,(H,13,14). The lowest BCUT2D eigenvalue weighted by Gasteiger charge is -2.15. The summed E-state index contributed by atoms with van der Waals surface area (Å²) in [6.07, 6.45) is -3.09. The van der Waals surface area contributed by atoms with Gasteiger partial charge in [-0.15, -0.1) is 0 Å². The Hall–Kier alpha value is -1.30. The third kappa shape index (κ3) is 1.79. The minimum absolute atomic E-state index is 0.139. The van der Waals surface area contributed by atoms with Crippen LogP contribution in [0.4, 0.5) is 19.0 Å². The van der Waals surface area contributed by atoms with Crippen molar-refractivity contribution >= 4 is 5.82 Å². The van der Waals surface area contributed by atoms with Crippen molar-refractivity contribution in [2.45, 2.75) is 20.0 Å². The minimum atomic E-state index is -4.44. The molecule has 0 aromatic carbocycles. The average Bonchev–Trinajstić information content (AvgIpc) is 2.07. The van der Waals surface area contributed by atoms with Gasteiger partial charge in [-0.2, -0.15) is 13.2 Å². The number of halogens is 3. The van der Waals surface area contributed by atoms with Gasteiger partial charge in [-0.1, -0.05) is 0 Å². The van der Waals surface area contributed by atoms with Crippen LogP contribution in [0.5, 0.6) is 0 Å². The molecular formula is C8H10F3N3. The number of pyridine rings is 1. The summed E-state index contributed by atoms with van der Waals surface area (Å²) in [5, 5.41) is 0. The van der Waals surface area contributed by atoms with Gasteiger partial charge in [-0.25, -0.2) is 10.8 Å². The first-order valence-electron chi connectivity index (χ1n) is 3.88. The van der Waals surface area contributed by atoms with Crippen LogP contribution in [0.3, 0.4) is 0 Å². The molecule has 0 aliphatic rings. The average molecular weight is 205 g/mol. The fraction of sp³-hybridized carbons (Fsp3) is 0.375. The predicted molar refractivity (Wildman–Crippen MR) is 46.5 cm³/mol. The van der Waals surface area contributed by atoms with Gasteiger partial charge in [0, 0.05) is 6.20 Å². The topological polar surface area (TPSA) is 50.9 Å². The Morgan fingerprint density at radius 3 is 2.36 bits per heavy atom. The number of nitrogens with two attached hydrogens (primary N) is 1. The van der Waals surface area contributed by atoms with Gasteiger partial charge in [0.05, 0.1) is 0 Å². The van der Waals surface area contributed by atoms with Crippen molar-refractivity contribution in [3.8, 4) is 0 Å². The second-order valence-corrected chi connectivity index (χ2v) is 2.93. The van der Waals surface area contributed by atoms with Crippen molar-refractivity contribution < 1.29 is 13.2 Å². The van der Waals surface area contributed by atoms with Gasteiger partial charge in [-0.05, 0) is 25.0 Å². The van der Waals surface area contributed by atoms with Crippen molar-refractivity contribution in [1.29, 1.82) is 0 Å². The Bertz CT molecular complexity index is 346. The second kappa shape index (κ2) is 3.45. The second-order valence-electron chi connectivity index (χ2n) is 2.93. The molecule has 0 saturated heterocycles. The Balaban J connectivity index is 3.44. The molecule has 1 aromatic rings. The summed E-state index contributed by atoms with van der Waals surface area (Å²) < 4.78 is 37.6. The number of anilines is 1. The van der Waals surface area contributed by atoms with Gasteiger partial charge < -0.3 is 5.43 Å². The number of hydrogen-bond donors (Lipinski definition) is 2. The quantitative estimate of drug-likeness (QED) is 0.544. The molecule has 0 amide bonds. The van der Waals surface area contributed by atoms with Crippen molar-refractivity contribution in [2.75, 3.05) is 5.43 Å². The number of nitrogens with one attached hydrogen (secondary N) is 1. The predicted octanol–water partition coefficient (Wildman–Crippen LogP) is 2.00. The van der Waals surface area contributed by atoms with E-state index in [0.717, 1.165) is 0 Å². The Labute approximate surface area is 79.1 Å². The van der Waals surface area contributed by atoms with Crippen molar-refractivity contribution in [1.82, 2.24) is 4.98 Å². The molecule has 0 aliphatic heterocycles. The monoisotopic (exact) mass is 205 g/mol. The van der Waals surface area contributed by atoms with E-state index in [4.69, 9.17) is 5.84 Å². The van der Waals surface area contributed by atoms with E-state index in [1.54, 1.807) is 6.92 Å². The summed E-state index contributed by atoms with van der Waals surface area (Å²) >= 11 is 0. The maximum absolute atomic E-state index is 12.5. The third-order valence-corrected chi connectivity index (χ3v) is 2.01. The molecule has 14 heavy (non-hydrogen) atoms. The van der Waals surface area contributed by atoms with Crippen LogP contribution in [0.2, 0.25) is 0 Å². The highest BCUT2D eigenvalue weighted by Crippen LogP contribution is 2.36. The highest BCUT2D eigenvalue weighted by atomic mass is 19.4. The Kier molecular flexibility index (Phi) is 2.66. The van der Waals surface area contributed by atoms with Crippen LogP contribution in [0.1, 0.15) is 16.7 Å². The van der Waals surface area contributed by atoms with Crippen molar-refractivity contribution in [2.24, 2.45) is 5.84 Å². The largest absolute Gasteiger partial charge is 0.420 e. The molecular weight excluding hydrogens is 195 g/mol. The number of nitrogen functional groups attached to an aromatic ring is 1. The molecule has 78 valence electrons. The molecule has 0 radical (unpaired) electrons. The molecule has 3 N–H and O–H groups in total. The number of rotatable bonds is 1. The van der Waals surface area contributed by atoms with E-state index >= 15 is 0 Å². The van der Waals surface area contributed by atoms with Crippen LogP contribution in [0.15, 0.2) is 6.20 Å². The lowest BCUT2D eigenvalue weighted by atomic mass is 10.1. The van der Waals surface area contributed by atoms with Crippen LogP contribution >= 0.6 is 0 Å². The van der Waals surface area contributed by atoms with Gasteiger partial charge in [0.2, 0.25) is 0 Å². The van der Waals surface area contributed by atoms with E-state index in [0.29, 0.717) is 5.56 Å². The number of nitrogens with zero attached hydrogens (tertiary/aromatic N) is 1. The molecule has 0 saturated carbocycles. The van der Waals surface area contributed by atoms with E-state index in [2.05, 4.69) is 4.98 Å². The van der Waals surface area contributed by atoms with Gasteiger partial charge in [-0.3, -0.25) is 0 Å². The summed E-state index contributed by atoms with van der Waals surface area (Å²) in [7, 11) is 0. The minimum Gasteiger partial charge on any atom is -0.308 e. The Morgan fingerprint density at radius 1 is 1.36 bits per heavy atom. The zero-order valence-corrected chi connectivity index (χ0v) is 7.74. The van der Waals surface area contributed by atoms with Crippen LogP contribution in [0.25, 0.3) is 0 Å². The van der Waals surface area contributed by atoms with Crippen LogP contribution in [-0.4, -0.2) is 4.98 Å². The fourth-order valence-corrected chi connectivity index (χ4v) is 1.15. The highest BCUT2D eigenvalue weighted by molar-refractivity contribution is 5.51. The lowest BCUT2D eigenvalue weighted by Crippen LogP contribution is -2.18. The van der Waals surface area contributed by atoms with Gasteiger partial charge >= 0.3 is 6.18 Å². The van der Waals surface area contributed by atoms with Gasteiger partial charge in [0.25, 0.3) is 0 Å². The first-order valence-corrected chi connectivity index (χ1v) is 3.88. The smallest absolute Gasteiger partial charge is 0.308 e. The molecule has 3 nitrogen and oxygen atoms in total. The third-order valence-electron chi connectivity index (χ3n) is 2.01. The highest BCUT2D eigenvalue weighted by Gasteiger charge is 2.36. The van der Waals surface area contributed by atoms with E-state index in [1.807, 2.05) is 5.43 Å². The molecule has 0 aliphatic carbocycles. The molecule has 0 atom stereocenters. The fourth-order valence-electron chi connectivity index (χ4n) is 1.15. The number of aromatic nitrogens is 1. The number of aryl methyl sites for hydroxylation is 1. The van der Waals surface area contributed by atoms with E-state index in [-0.39, 0.29) is 11.4 Å². The normalized spacial score (nSPS) is 11.6. The summed E-state index contributed by atoms with van der Waals surface area (Å²) in [6, 6.07) is 0. The molecule has 0 unspecified atom stereocenters. The van der Waals surface area contributed by atoms with E-state index in [9.17, 15) is 13.2 Å². The molecule has 0 bridgehead atoms. The molecule has 0 fully saturated rings. The van der Waals surface area contributed by atoms with Gasteiger partial charge in [0.15, 0.2) is 5.82 Å². The van der Waals surface area contributed by atoms with Crippen LogP contribution in [0, 0.1) is 13.8 Å². The molecule has 1 rings (SSSR count). The summed E-state index contributed by atoms with van der Waals surface area (Å²) in [4.78, 5) is 3.57. The van der Waals surface area contributed by atoms with Gasteiger partial charge in [0.1, 0.15) is 5.56 Å². The maximum Gasteiger partial charge on any atom is 0.420 e. The summed E-state index contributed by atoms with van der Waals surface area (Å²) in [5.74, 6) is 4.61. The molecule has 0 spiro atoms.